The van der Waals surface area contributed by atoms with Crippen LogP contribution in [0.3, 0.4) is 0 Å². The average Bonchev–Trinajstić information content (AvgIpc) is 2.40. The van der Waals surface area contributed by atoms with Gasteiger partial charge in [0.25, 0.3) is 5.69 Å². The van der Waals surface area contributed by atoms with Crippen LogP contribution in [-0.2, 0) is 4.79 Å². The predicted octanol–water partition coefficient (Wildman–Crippen LogP) is 3.36. The number of nitro groups is 1. The lowest BCUT2D eigenvalue weighted by Gasteiger charge is -2.34. The Morgan fingerprint density at radius 1 is 1.57 bits per heavy atom. The molecular formula is C14H17BrN2O4. The summed E-state index contributed by atoms with van der Waals surface area (Å²) >= 11 is 3.39. The molecule has 114 valence electrons. The molecule has 1 aliphatic rings. The largest absolute Gasteiger partial charge is 0.481 e. The van der Waals surface area contributed by atoms with Gasteiger partial charge in [-0.1, -0.05) is 0 Å². The number of nitrogens with zero attached hydrogens (tertiary/aromatic N) is 2. The fourth-order valence-electron chi connectivity index (χ4n) is 2.79. The maximum absolute atomic E-state index is 10.9. The molecule has 2 rings (SSSR count). The summed E-state index contributed by atoms with van der Waals surface area (Å²) in [5.74, 6) is -0.653. The zero-order chi connectivity index (χ0) is 15.6. The fourth-order valence-corrected chi connectivity index (χ4v) is 3.37. The van der Waals surface area contributed by atoms with Crippen LogP contribution in [0, 0.1) is 23.0 Å². The Labute approximate surface area is 131 Å². The quantitative estimate of drug-likeness (QED) is 0.660. The number of carboxylic acids is 1. The molecule has 6 nitrogen and oxygen atoms in total. The molecule has 0 aliphatic carbocycles. The SMILES string of the molecule is Cc1cc(N2CCCC(CC(=O)O)C2)c(Br)cc1[N+](=O)[O-]. The second-order valence-electron chi connectivity index (χ2n) is 5.40. The number of carboxylic acid groups (broad SMARTS) is 1. The van der Waals surface area contributed by atoms with E-state index in [2.05, 4.69) is 20.8 Å². The molecule has 0 spiro atoms. The van der Waals surface area contributed by atoms with Crippen LogP contribution in [-0.4, -0.2) is 29.1 Å². The first-order valence-corrected chi connectivity index (χ1v) is 7.59. The van der Waals surface area contributed by atoms with Crippen molar-refractivity contribution in [3.05, 3.63) is 32.3 Å². The average molecular weight is 357 g/mol. The summed E-state index contributed by atoms with van der Waals surface area (Å²) < 4.78 is 0.677. The Morgan fingerprint density at radius 2 is 2.29 bits per heavy atom. The van der Waals surface area contributed by atoms with Crippen molar-refractivity contribution in [2.75, 3.05) is 18.0 Å². The standard InChI is InChI=1S/C14H17BrN2O4/c1-9-5-13(11(15)7-12(9)17(20)21)16-4-2-3-10(8-16)6-14(18)19/h5,7,10H,2-4,6,8H2,1H3,(H,18,19). The van der Waals surface area contributed by atoms with Crippen molar-refractivity contribution in [1.29, 1.82) is 0 Å². The number of hydrogen-bond acceptors (Lipinski definition) is 4. The molecule has 21 heavy (non-hydrogen) atoms. The Morgan fingerprint density at radius 3 is 2.90 bits per heavy atom. The summed E-state index contributed by atoms with van der Waals surface area (Å²) in [6.07, 6.45) is 2.01. The Balaban J connectivity index is 2.23. The van der Waals surface area contributed by atoms with Crippen LogP contribution < -0.4 is 4.90 Å². The van der Waals surface area contributed by atoms with Crippen LogP contribution >= 0.6 is 15.9 Å². The normalized spacial score (nSPS) is 18.6. The van der Waals surface area contributed by atoms with Crippen LogP contribution in [0.2, 0.25) is 0 Å². The zero-order valence-electron chi connectivity index (χ0n) is 11.7. The third-order valence-corrected chi connectivity index (χ3v) is 4.42. The summed E-state index contributed by atoms with van der Waals surface area (Å²) in [4.78, 5) is 23.5. The molecular weight excluding hydrogens is 340 g/mol. The topological polar surface area (TPSA) is 83.7 Å². The van der Waals surface area contributed by atoms with E-state index in [1.54, 1.807) is 13.0 Å². The summed E-state index contributed by atoms with van der Waals surface area (Å²) in [6.45, 7) is 3.22. The smallest absolute Gasteiger partial charge is 0.303 e. The van der Waals surface area contributed by atoms with Crippen molar-refractivity contribution in [3.8, 4) is 0 Å². The minimum absolute atomic E-state index is 0.0877. The van der Waals surface area contributed by atoms with E-state index < -0.39 is 10.9 Å². The molecule has 7 heteroatoms. The van der Waals surface area contributed by atoms with Gasteiger partial charge >= 0.3 is 5.97 Å². The summed E-state index contributed by atoms with van der Waals surface area (Å²) in [5.41, 5.74) is 1.59. The lowest BCUT2D eigenvalue weighted by atomic mass is 9.94. The number of piperidine rings is 1. The molecule has 1 aromatic carbocycles. The summed E-state index contributed by atoms with van der Waals surface area (Å²) in [6, 6.07) is 3.32. The number of anilines is 1. The second-order valence-corrected chi connectivity index (χ2v) is 6.25. The Hall–Kier alpha value is -1.63. The fraction of sp³-hybridized carbons (Fsp3) is 0.500. The number of benzene rings is 1. The highest BCUT2D eigenvalue weighted by atomic mass is 79.9. The molecule has 0 amide bonds. The maximum atomic E-state index is 10.9. The van der Waals surface area contributed by atoms with Gasteiger partial charge in [0, 0.05) is 35.6 Å². The molecule has 1 atom stereocenters. The van der Waals surface area contributed by atoms with E-state index in [1.807, 2.05) is 0 Å². The van der Waals surface area contributed by atoms with Gasteiger partial charge in [0.05, 0.1) is 10.6 Å². The van der Waals surface area contributed by atoms with Crippen LogP contribution in [0.1, 0.15) is 24.8 Å². The number of aryl methyl sites for hydroxylation is 1. The first-order valence-electron chi connectivity index (χ1n) is 6.79. The minimum atomic E-state index is -0.777. The molecule has 0 bridgehead atoms. The van der Waals surface area contributed by atoms with E-state index in [-0.39, 0.29) is 18.0 Å². The number of nitro benzene ring substituents is 1. The highest BCUT2D eigenvalue weighted by Crippen LogP contribution is 2.35. The monoisotopic (exact) mass is 356 g/mol. The van der Waals surface area contributed by atoms with Crippen LogP contribution in [0.5, 0.6) is 0 Å². The number of halogens is 1. The van der Waals surface area contributed by atoms with E-state index in [9.17, 15) is 14.9 Å². The van der Waals surface area contributed by atoms with Gasteiger partial charge in [-0.15, -0.1) is 0 Å². The van der Waals surface area contributed by atoms with Crippen molar-refractivity contribution in [2.45, 2.75) is 26.2 Å². The van der Waals surface area contributed by atoms with E-state index in [0.29, 0.717) is 16.6 Å². The molecule has 1 unspecified atom stereocenters. The van der Waals surface area contributed by atoms with Crippen LogP contribution in [0.4, 0.5) is 11.4 Å². The number of carbonyl (C=O) groups is 1. The molecule has 1 aromatic rings. The van der Waals surface area contributed by atoms with E-state index in [1.165, 1.54) is 6.07 Å². The summed E-state index contributed by atoms with van der Waals surface area (Å²) in [5, 5.41) is 19.9. The second kappa shape index (κ2) is 6.43. The molecule has 1 aliphatic heterocycles. The van der Waals surface area contributed by atoms with Gasteiger partial charge in [-0.3, -0.25) is 14.9 Å². The van der Waals surface area contributed by atoms with Gasteiger partial charge in [0.1, 0.15) is 0 Å². The number of aliphatic carboxylic acids is 1. The van der Waals surface area contributed by atoms with Gasteiger partial charge < -0.3 is 10.0 Å². The first-order chi connectivity index (χ1) is 9.88. The third kappa shape index (κ3) is 3.72. The van der Waals surface area contributed by atoms with Crippen molar-refractivity contribution in [3.63, 3.8) is 0 Å². The predicted molar refractivity (Wildman–Crippen MR) is 82.7 cm³/mol. The highest BCUT2D eigenvalue weighted by molar-refractivity contribution is 9.10. The maximum Gasteiger partial charge on any atom is 0.303 e. The Bertz CT molecular complexity index is 576. The van der Waals surface area contributed by atoms with E-state index in [0.717, 1.165) is 25.1 Å². The molecule has 0 radical (unpaired) electrons. The highest BCUT2D eigenvalue weighted by Gasteiger charge is 2.25. The Kier molecular flexibility index (Phi) is 4.82. The zero-order valence-corrected chi connectivity index (χ0v) is 13.3. The van der Waals surface area contributed by atoms with Crippen molar-refractivity contribution in [1.82, 2.24) is 0 Å². The van der Waals surface area contributed by atoms with E-state index >= 15 is 0 Å². The van der Waals surface area contributed by atoms with E-state index in [4.69, 9.17) is 5.11 Å². The van der Waals surface area contributed by atoms with Gasteiger partial charge in [-0.05, 0) is 47.7 Å². The molecule has 1 saturated heterocycles. The number of rotatable bonds is 4. The van der Waals surface area contributed by atoms with Crippen LogP contribution in [0.25, 0.3) is 0 Å². The molecule has 0 saturated carbocycles. The van der Waals surface area contributed by atoms with Crippen molar-refractivity contribution < 1.29 is 14.8 Å². The molecule has 0 aromatic heterocycles. The molecule has 1 N–H and O–H groups in total. The lowest BCUT2D eigenvalue weighted by molar-refractivity contribution is -0.385. The third-order valence-electron chi connectivity index (χ3n) is 3.79. The first kappa shape index (κ1) is 15.8. The van der Waals surface area contributed by atoms with Gasteiger partial charge in [0.2, 0.25) is 0 Å². The summed E-state index contributed by atoms with van der Waals surface area (Å²) in [7, 11) is 0. The van der Waals surface area contributed by atoms with Crippen molar-refractivity contribution >= 4 is 33.3 Å². The minimum Gasteiger partial charge on any atom is -0.481 e. The van der Waals surface area contributed by atoms with Gasteiger partial charge in [-0.2, -0.15) is 0 Å². The lowest BCUT2D eigenvalue weighted by Crippen LogP contribution is -2.36. The number of hydrogen-bond donors (Lipinski definition) is 1. The van der Waals surface area contributed by atoms with Gasteiger partial charge in [-0.25, -0.2) is 0 Å². The van der Waals surface area contributed by atoms with Gasteiger partial charge in [0.15, 0.2) is 0 Å². The van der Waals surface area contributed by atoms with Crippen molar-refractivity contribution in [2.24, 2.45) is 5.92 Å². The molecule has 1 heterocycles. The van der Waals surface area contributed by atoms with Crippen LogP contribution in [0.15, 0.2) is 16.6 Å². The molecule has 1 fully saturated rings.